The third kappa shape index (κ3) is 5.66. The molecule has 2 aliphatic heterocycles. The van der Waals surface area contributed by atoms with Crippen LogP contribution in [0.2, 0.25) is 0 Å². The maximum Gasteiger partial charge on any atom is 0.321 e. The van der Waals surface area contributed by atoms with Crippen LogP contribution in [0.5, 0.6) is 5.75 Å². The van der Waals surface area contributed by atoms with Crippen molar-refractivity contribution in [2.75, 3.05) is 63.1 Å². The van der Waals surface area contributed by atoms with E-state index in [0.29, 0.717) is 5.92 Å². The Morgan fingerprint density at radius 2 is 1.74 bits per heavy atom. The molecule has 0 bridgehead atoms. The first-order valence-corrected chi connectivity index (χ1v) is 12.8. The Hall–Kier alpha value is -2.73. The molecule has 2 heterocycles. The summed E-state index contributed by atoms with van der Waals surface area (Å²) in [7, 11) is 1.73. The van der Waals surface area contributed by atoms with Crippen molar-refractivity contribution < 1.29 is 9.53 Å². The summed E-state index contributed by atoms with van der Waals surface area (Å²) in [5.74, 6) is 1.40. The van der Waals surface area contributed by atoms with Gasteiger partial charge in [0.25, 0.3) is 0 Å². The summed E-state index contributed by atoms with van der Waals surface area (Å²) < 4.78 is 5.68. The number of likely N-dealkylation sites (tertiary alicyclic amines) is 1. The van der Waals surface area contributed by atoms with E-state index in [9.17, 15) is 4.79 Å². The van der Waals surface area contributed by atoms with Crippen LogP contribution in [0, 0.1) is 13.8 Å². The van der Waals surface area contributed by atoms with E-state index in [1.54, 1.807) is 7.11 Å². The number of piperazine rings is 1. The molecule has 0 radical (unpaired) electrons. The molecule has 0 saturated carbocycles. The second-order valence-corrected chi connectivity index (χ2v) is 9.77. The molecule has 34 heavy (non-hydrogen) atoms. The van der Waals surface area contributed by atoms with E-state index in [2.05, 4.69) is 60.2 Å². The van der Waals surface area contributed by atoms with Crippen LogP contribution in [0.3, 0.4) is 0 Å². The third-order valence-corrected chi connectivity index (χ3v) is 7.31. The van der Waals surface area contributed by atoms with Crippen molar-refractivity contribution in [1.29, 1.82) is 0 Å². The van der Waals surface area contributed by atoms with Crippen LogP contribution in [0.15, 0.2) is 36.4 Å². The molecule has 0 unspecified atom stereocenters. The van der Waals surface area contributed by atoms with E-state index in [-0.39, 0.29) is 6.03 Å². The van der Waals surface area contributed by atoms with Crippen molar-refractivity contribution in [2.24, 2.45) is 0 Å². The Labute approximate surface area is 204 Å². The monoisotopic (exact) mass is 464 g/mol. The number of nitrogens with zero attached hydrogens (tertiary/aromatic N) is 3. The lowest BCUT2D eigenvalue weighted by Gasteiger charge is -2.37. The molecule has 6 heteroatoms. The summed E-state index contributed by atoms with van der Waals surface area (Å²) in [5.41, 5.74) is 5.92. The number of carbonyl (C=O) groups is 1. The van der Waals surface area contributed by atoms with Crippen molar-refractivity contribution >= 4 is 17.4 Å². The first-order valence-electron chi connectivity index (χ1n) is 12.8. The zero-order valence-electron chi connectivity index (χ0n) is 21.3. The second-order valence-electron chi connectivity index (χ2n) is 9.77. The minimum Gasteiger partial charge on any atom is -0.496 e. The predicted octanol–water partition coefficient (Wildman–Crippen LogP) is 5.26. The molecule has 0 aliphatic carbocycles. The minimum atomic E-state index is -0.0193. The van der Waals surface area contributed by atoms with E-state index in [4.69, 9.17) is 4.74 Å². The number of carbonyl (C=O) groups excluding carboxylic acids is 1. The van der Waals surface area contributed by atoms with E-state index in [1.807, 2.05) is 17.0 Å². The number of methoxy groups -OCH3 is 1. The fourth-order valence-corrected chi connectivity index (χ4v) is 5.43. The molecular formula is C28H40N4O2. The van der Waals surface area contributed by atoms with Crippen LogP contribution < -0.4 is 15.0 Å². The number of anilines is 2. The molecule has 6 nitrogen and oxygen atoms in total. The van der Waals surface area contributed by atoms with Crippen LogP contribution in [-0.2, 0) is 0 Å². The summed E-state index contributed by atoms with van der Waals surface area (Å²) in [6.45, 7) is 13.1. The summed E-state index contributed by atoms with van der Waals surface area (Å²) in [6.07, 6.45) is 3.47. The number of aryl methyl sites for hydroxylation is 2. The van der Waals surface area contributed by atoms with Crippen LogP contribution in [0.1, 0.15) is 48.8 Å². The van der Waals surface area contributed by atoms with Gasteiger partial charge in [-0.05, 0) is 94.1 Å². The molecule has 0 aromatic heterocycles. The Morgan fingerprint density at radius 3 is 2.38 bits per heavy atom. The Bertz CT molecular complexity index is 976. The Balaban J connectivity index is 1.36. The Morgan fingerprint density at radius 1 is 1.00 bits per heavy atom. The molecule has 2 aromatic rings. The number of urea groups is 1. The maximum atomic E-state index is 13.0. The van der Waals surface area contributed by atoms with Gasteiger partial charge in [0.1, 0.15) is 5.75 Å². The Kier molecular flexibility index (Phi) is 7.99. The zero-order valence-corrected chi connectivity index (χ0v) is 21.3. The molecule has 4 rings (SSSR count). The molecule has 0 spiro atoms. The second kappa shape index (κ2) is 11.1. The number of rotatable bonds is 6. The summed E-state index contributed by atoms with van der Waals surface area (Å²) in [6, 6.07) is 12.7. The molecule has 0 atom stereocenters. The quantitative estimate of drug-likeness (QED) is 0.634. The minimum absolute atomic E-state index is 0.0193. The molecule has 2 saturated heterocycles. The first kappa shape index (κ1) is 24.4. The van der Waals surface area contributed by atoms with Gasteiger partial charge in [-0.3, -0.25) is 0 Å². The highest BCUT2D eigenvalue weighted by Crippen LogP contribution is 2.36. The largest absolute Gasteiger partial charge is 0.496 e. The molecule has 1 N–H and O–H groups in total. The third-order valence-electron chi connectivity index (χ3n) is 7.31. The molecule has 2 aromatic carbocycles. The van der Waals surface area contributed by atoms with Gasteiger partial charge in [-0.15, -0.1) is 0 Å². The van der Waals surface area contributed by atoms with E-state index in [1.165, 1.54) is 35.3 Å². The lowest BCUT2D eigenvalue weighted by Crippen LogP contribution is -2.50. The summed E-state index contributed by atoms with van der Waals surface area (Å²) in [4.78, 5) is 19.9. The van der Waals surface area contributed by atoms with Gasteiger partial charge >= 0.3 is 6.03 Å². The zero-order chi connectivity index (χ0) is 24.1. The molecule has 184 valence electrons. The van der Waals surface area contributed by atoms with E-state index >= 15 is 0 Å². The smallest absolute Gasteiger partial charge is 0.321 e. The van der Waals surface area contributed by atoms with Gasteiger partial charge < -0.3 is 24.8 Å². The number of benzene rings is 2. The van der Waals surface area contributed by atoms with Crippen molar-refractivity contribution in [3.05, 3.63) is 53.1 Å². The van der Waals surface area contributed by atoms with Crippen LogP contribution in [-0.4, -0.2) is 68.8 Å². The van der Waals surface area contributed by atoms with Crippen molar-refractivity contribution in [1.82, 2.24) is 9.80 Å². The molecule has 2 aliphatic rings. The number of hydrogen-bond donors (Lipinski definition) is 1. The lowest BCUT2D eigenvalue weighted by atomic mass is 9.88. The number of ether oxygens (including phenoxy) is 1. The van der Waals surface area contributed by atoms with Gasteiger partial charge in [-0.25, -0.2) is 4.79 Å². The highest BCUT2D eigenvalue weighted by Gasteiger charge is 2.25. The SMILES string of the molecule is CCCN1CCC(c2cc(NC(=O)N3CCN(c4ccc(C)cc4C)CC3)ccc2OC)CC1. The maximum absolute atomic E-state index is 13.0. The van der Waals surface area contributed by atoms with Crippen LogP contribution in [0.25, 0.3) is 0 Å². The highest BCUT2D eigenvalue weighted by molar-refractivity contribution is 5.89. The van der Waals surface area contributed by atoms with Gasteiger partial charge in [-0.1, -0.05) is 24.6 Å². The van der Waals surface area contributed by atoms with Gasteiger partial charge in [0.15, 0.2) is 0 Å². The lowest BCUT2D eigenvalue weighted by molar-refractivity contribution is 0.208. The number of amides is 2. The fraction of sp³-hybridized carbons (Fsp3) is 0.536. The first-order chi connectivity index (χ1) is 16.5. The average molecular weight is 465 g/mol. The molecular weight excluding hydrogens is 424 g/mol. The van der Waals surface area contributed by atoms with Crippen molar-refractivity contribution in [3.8, 4) is 5.75 Å². The van der Waals surface area contributed by atoms with Gasteiger partial charge in [-0.2, -0.15) is 0 Å². The van der Waals surface area contributed by atoms with Gasteiger partial charge in [0, 0.05) is 37.6 Å². The van der Waals surface area contributed by atoms with Crippen LogP contribution >= 0.6 is 0 Å². The number of piperidine rings is 1. The van der Waals surface area contributed by atoms with Gasteiger partial charge in [0.05, 0.1) is 7.11 Å². The predicted molar refractivity (Wildman–Crippen MR) is 140 cm³/mol. The summed E-state index contributed by atoms with van der Waals surface area (Å²) >= 11 is 0. The molecule has 2 amide bonds. The fourth-order valence-electron chi connectivity index (χ4n) is 5.43. The number of hydrogen-bond acceptors (Lipinski definition) is 4. The molecule has 2 fully saturated rings. The number of nitrogens with one attached hydrogen (secondary N) is 1. The normalized spacial score (nSPS) is 17.6. The van der Waals surface area contributed by atoms with E-state index < -0.39 is 0 Å². The van der Waals surface area contributed by atoms with Crippen molar-refractivity contribution in [3.63, 3.8) is 0 Å². The summed E-state index contributed by atoms with van der Waals surface area (Å²) in [5, 5.41) is 3.15. The average Bonchev–Trinajstić information content (AvgIpc) is 2.85. The standard InChI is InChI=1S/C28H40N4O2/c1-5-12-30-13-10-23(11-14-30)25-20-24(7-9-27(25)34-4)29-28(33)32-17-15-31(16-18-32)26-8-6-21(2)19-22(26)3/h6-9,19-20,23H,5,10-18H2,1-4H3,(H,29,33). The van der Waals surface area contributed by atoms with Crippen LogP contribution in [0.4, 0.5) is 16.2 Å². The van der Waals surface area contributed by atoms with Gasteiger partial charge in [0.2, 0.25) is 0 Å². The topological polar surface area (TPSA) is 48.1 Å². The van der Waals surface area contributed by atoms with Crippen molar-refractivity contribution in [2.45, 2.75) is 46.0 Å². The highest BCUT2D eigenvalue weighted by atomic mass is 16.5. The van der Waals surface area contributed by atoms with E-state index in [0.717, 1.165) is 63.5 Å².